The fourth-order valence-electron chi connectivity index (χ4n) is 2.00. The summed E-state index contributed by atoms with van der Waals surface area (Å²) in [7, 11) is 0. The molecule has 0 heterocycles. The Hall–Kier alpha value is -0.677. The number of fused-ring (bicyclic) bond motifs is 3. The van der Waals surface area contributed by atoms with Gasteiger partial charge >= 0.3 is 26.2 Å². The molecule has 0 nitrogen and oxygen atoms in total. The van der Waals surface area contributed by atoms with Crippen molar-refractivity contribution in [2.75, 3.05) is 0 Å². The third-order valence-corrected chi connectivity index (χ3v) is 3.68. The Kier molecular flexibility index (Phi) is 20.2. The van der Waals surface area contributed by atoms with Crippen LogP contribution in [0.3, 0.4) is 0 Å². The SMILES string of the molecule is [CH2-]CCC.[CH2-]CCC.[CH2-]CCC.[Zr+4].[c-]1cccc2c1Cc1ccccc1-2. The molecule has 2 aromatic carbocycles. The molecule has 0 saturated carbocycles. The summed E-state index contributed by atoms with van der Waals surface area (Å²) in [5.41, 5.74) is 5.51. The predicted octanol–water partition coefficient (Wildman–Crippen LogP) is 7.92. The zero-order chi connectivity index (χ0) is 18.9. The van der Waals surface area contributed by atoms with E-state index in [2.05, 4.69) is 84.0 Å². The van der Waals surface area contributed by atoms with Crippen LogP contribution in [-0.4, -0.2) is 0 Å². The summed E-state index contributed by atoms with van der Waals surface area (Å²) in [4.78, 5) is 0. The van der Waals surface area contributed by atoms with E-state index in [-0.39, 0.29) is 26.2 Å². The van der Waals surface area contributed by atoms with E-state index in [1.54, 1.807) is 0 Å². The molecular weight excluding hydrogens is 391 g/mol. The average Bonchev–Trinajstić information content (AvgIpc) is 3.07. The van der Waals surface area contributed by atoms with Gasteiger partial charge < -0.3 is 20.8 Å². The molecular formula is C25H36Zr. The molecule has 26 heavy (non-hydrogen) atoms. The van der Waals surface area contributed by atoms with Gasteiger partial charge in [0.1, 0.15) is 0 Å². The van der Waals surface area contributed by atoms with Gasteiger partial charge in [0, 0.05) is 0 Å². The summed E-state index contributed by atoms with van der Waals surface area (Å²) < 4.78 is 0. The molecule has 0 spiro atoms. The number of benzene rings is 2. The van der Waals surface area contributed by atoms with Crippen molar-refractivity contribution in [3.8, 4) is 11.1 Å². The Morgan fingerprint density at radius 2 is 1.23 bits per heavy atom. The normalized spacial score (nSPS) is 9.62. The minimum absolute atomic E-state index is 0. The molecule has 2 aromatic rings. The minimum Gasteiger partial charge on any atom is -0.343 e. The summed E-state index contributed by atoms with van der Waals surface area (Å²) in [5, 5.41) is 0. The van der Waals surface area contributed by atoms with Gasteiger partial charge in [-0.3, -0.25) is 0 Å². The molecule has 0 N–H and O–H groups in total. The fraction of sp³-hybridized carbons (Fsp3) is 0.400. The molecule has 1 heteroatoms. The average molecular weight is 428 g/mol. The quantitative estimate of drug-likeness (QED) is 0.372. The van der Waals surface area contributed by atoms with Crippen LogP contribution in [0.25, 0.3) is 11.1 Å². The van der Waals surface area contributed by atoms with Crippen molar-refractivity contribution >= 4 is 0 Å². The Morgan fingerprint density at radius 1 is 0.769 bits per heavy atom. The van der Waals surface area contributed by atoms with Gasteiger partial charge in [0.15, 0.2) is 0 Å². The first-order valence-electron chi connectivity index (χ1n) is 9.65. The zero-order valence-corrected chi connectivity index (χ0v) is 19.6. The van der Waals surface area contributed by atoms with E-state index in [4.69, 9.17) is 0 Å². The van der Waals surface area contributed by atoms with Gasteiger partial charge in [-0.2, -0.15) is 49.1 Å². The zero-order valence-electron chi connectivity index (χ0n) is 17.1. The van der Waals surface area contributed by atoms with Crippen LogP contribution < -0.4 is 0 Å². The fourth-order valence-corrected chi connectivity index (χ4v) is 2.00. The molecule has 140 valence electrons. The maximum absolute atomic E-state index is 3.60. The van der Waals surface area contributed by atoms with Crippen molar-refractivity contribution in [1.29, 1.82) is 0 Å². The predicted molar refractivity (Wildman–Crippen MR) is 114 cm³/mol. The number of hydrogen-bond donors (Lipinski definition) is 0. The first-order chi connectivity index (χ1) is 12.2. The first-order valence-corrected chi connectivity index (χ1v) is 9.65. The van der Waals surface area contributed by atoms with Crippen LogP contribution in [-0.2, 0) is 32.6 Å². The van der Waals surface area contributed by atoms with Gasteiger partial charge in [0.25, 0.3) is 0 Å². The molecule has 0 fully saturated rings. The number of unbranched alkanes of at least 4 members (excludes halogenated alkanes) is 3. The van der Waals surface area contributed by atoms with Crippen LogP contribution in [0.1, 0.15) is 70.4 Å². The van der Waals surface area contributed by atoms with E-state index in [0.29, 0.717) is 0 Å². The molecule has 0 aromatic heterocycles. The molecule has 1 aliphatic rings. The summed E-state index contributed by atoms with van der Waals surface area (Å²) in [6, 6.07) is 18.1. The topological polar surface area (TPSA) is 0 Å². The van der Waals surface area contributed by atoms with Gasteiger partial charge in [-0.25, -0.2) is 0 Å². The van der Waals surface area contributed by atoms with Crippen LogP contribution in [0.2, 0.25) is 0 Å². The standard InChI is InChI=1S/C13H9.3C4H9.Zr/c1-3-7-12-10(5-1)9-11-6-2-4-8-13(11)12;3*1-3-4-2;/h1-5,7-8H,9H2;3*1,3-4H2,2H3;/q4*-1;+4. The maximum Gasteiger partial charge on any atom is 4.00 e. The third kappa shape index (κ3) is 11.1. The molecule has 3 rings (SSSR count). The van der Waals surface area contributed by atoms with Crippen LogP contribution in [0.15, 0.2) is 42.5 Å². The molecule has 0 atom stereocenters. The van der Waals surface area contributed by atoms with Crippen LogP contribution in [0.5, 0.6) is 0 Å². The van der Waals surface area contributed by atoms with E-state index in [9.17, 15) is 0 Å². The van der Waals surface area contributed by atoms with E-state index in [1.807, 2.05) is 6.07 Å². The first kappa shape index (κ1) is 27.5. The van der Waals surface area contributed by atoms with Gasteiger partial charge in [0.2, 0.25) is 0 Å². The van der Waals surface area contributed by atoms with Crippen molar-refractivity contribution in [2.24, 2.45) is 0 Å². The van der Waals surface area contributed by atoms with E-state index >= 15 is 0 Å². The Labute approximate surface area is 182 Å². The van der Waals surface area contributed by atoms with Crippen molar-refractivity contribution in [3.63, 3.8) is 0 Å². The Bertz CT molecular complexity index is 486. The summed E-state index contributed by atoms with van der Waals surface area (Å²) in [5.74, 6) is 0. The molecule has 0 unspecified atom stereocenters. The van der Waals surface area contributed by atoms with Crippen molar-refractivity contribution in [2.45, 2.75) is 65.7 Å². The molecule has 0 radical (unpaired) electrons. The van der Waals surface area contributed by atoms with Gasteiger partial charge in [0.05, 0.1) is 0 Å². The molecule has 0 saturated heterocycles. The van der Waals surface area contributed by atoms with E-state index < -0.39 is 0 Å². The minimum atomic E-state index is 0. The second-order valence-corrected chi connectivity index (χ2v) is 5.96. The number of hydrogen-bond acceptors (Lipinski definition) is 0. The summed E-state index contributed by atoms with van der Waals surface area (Å²) in [6.45, 7) is 17.2. The van der Waals surface area contributed by atoms with E-state index in [0.717, 1.165) is 25.7 Å². The van der Waals surface area contributed by atoms with E-state index in [1.165, 1.54) is 41.5 Å². The van der Waals surface area contributed by atoms with Gasteiger partial charge in [-0.1, -0.05) is 75.4 Å². The second kappa shape index (κ2) is 19.1. The monoisotopic (exact) mass is 426 g/mol. The van der Waals surface area contributed by atoms with Crippen LogP contribution in [0.4, 0.5) is 0 Å². The second-order valence-electron chi connectivity index (χ2n) is 5.96. The smallest absolute Gasteiger partial charge is 0.343 e. The summed E-state index contributed by atoms with van der Waals surface area (Å²) >= 11 is 0. The largest absolute Gasteiger partial charge is 4.00 e. The van der Waals surface area contributed by atoms with Crippen LogP contribution >= 0.6 is 0 Å². The van der Waals surface area contributed by atoms with Crippen LogP contribution in [0, 0.1) is 26.8 Å². The summed E-state index contributed by atoms with van der Waals surface area (Å²) in [6.07, 6.45) is 7.88. The Morgan fingerprint density at radius 3 is 1.73 bits per heavy atom. The van der Waals surface area contributed by atoms with Crippen molar-refractivity contribution < 1.29 is 26.2 Å². The molecule has 0 bridgehead atoms. The molecule has 0 amide bonds. The third-order valence-electron chi connectivity index (χ3n) is 3.68. The Balaban J connectivity index is 0. The van der Waals surface area contributed by atoms with Gasteiger partial charge in [-0.05, 0) is 6.42 Å². The van der Waals surface area contributed by atoms with Gasteiger partial charge in [-0.15, -0.1) is 5.56 Å². The maximum atomic E-state index is 3.60. The van der Waals surface area contributed by atoms with Crippen molar-refractivity contribution in [1.82, 2.24) is 0 Å². The number of rotatable bonds is 3. The van der Waals surface area contributed by atoms with Crippen molar-refractivity contribution in [3.05, 3.63) is 80.4 Å². The molecule has 1 aliphatic carbocycles. The molecule has 0 aliphatic heterocycles.